The monoisotopic (exact) mass is 432 g/mol. The average molecular weight is 433 g/mol. The van der Waals surface area contributed by atoms with Crippen LogP contribution in [0.1, 0.15) is 43.0 Å². The van der Waals surface area contributed by atoms with Crippen LogP contribution in [0.15, 0.2) is 24.3 Å². The Balaban J connectivity index is 1.47. The number of benzene rings is 1. The fraction of sp³-hybridized carbons (Fsp3) is 0.591. The summed E-state index contributed by atoms with van der Waals surface area (Å²) in [4.78, 5) is 18.5. The molecule has 0 amide bonds. The smallest absolute Gasteiger partial charge is 0.311 e. The molecule has 3 aliphatic rings. The second kappa shape index (κ2) is 7.35. The number of H-pyrrole nitrogens is 1. The van der Waals surface area contributed by atoms with E-state index < -0.39 is 22.1 Å². The van der Waals surface area contributed by atoms with Gasteiger partial charge in [0.2, 0.25) is 0 Å². The Morgan fingerprint density at radius 3 is 2.73 bits per heavy atom. The van der Waals surface area contributed by atoms with Crippen molar-refractivity contribution in [1.29, 1.82) is 0 Å². The molecule has 1 aliphatic carbocycles. The molecule has 1 saturated carbocycles. The van der Waals surface area contributed by atoms with Crippen LogP contribution in [-0.2, 0) is 30.3 Å². The van der Waals surface area contributed by atoms with Crippen LogP contribution in [0.3, 0.4) is 0 Å². The maximum atomic E-state index is 12.4. The summed E-state index contributed by atoms with van der Waals surface area (Å²) in [5.74, 6) is -0.906. The van der Waals surface area contributed by atoms with E-state index in [0.717, 1.165) is 38.5 Å². The molecule has 30 heavy (non-hydrogen) atoms. The first-order valence-electron chi connectivity index (χ1n) is 10.7. The number of hydrogen-bond acceptors (Lipinski definition) is 6. The van der Waals surface area contributed by atoms with Crippen LogP contribution >= 0.6 is 0 Å². The van der Waals surface area contributed by atoms with Crippen LogP contribution in [0.5, 0.6) is 0 Å². The highest BCUT2D eigenvalue weighted by Gasteiger charge is 2.51. The molecule has 1 aromatic carbocycles. The van der Waals surface area contributed by atoms with E-state index in [1.807, 2.05) is 0 Å². The molecule has 8 heteroatoms. The van der Waals surface area contributed by atoms with Gasteiger partial charge in [0.05, 0.1) is 31.4 Å². The first-order chi connectivity index (χ1) is 14.4. The lowest BCUT2D eigenvalue weighted by Crippen LogP contribution is -2.58. The number of piperidine rings is 1. The van der Waals surface area contributed by atoms with Crippen molar-refractivity contribution in [1.82, 2.24) is 9.88 Å². The zero-order chi connectivity index (χ0) is 21.0. The van der Waals surface area contributed by atoms with Gasteiger partial charge in [-0.15, -0.1) is 0 Å². The average Bonchev–Trinajstić information content (AvgIpc) is 3.11. The number of hydrogen-bond donors (Lipinski definition) is 1. The Morgan fingerprint density at radius 1 is 1.17 bits per heavy atom. The van der Waals surface area contributed by atoms with Gasteiger partial charge in [0.15, 0.2) is 0 Å². The Morgan fingerprint density at radius 2 is 1.97 bits per heavy atom. The maximum absolute atomic E-state index is 12.4. The van der Waals surface area contributed by atoms with Gasteiger partial charge in [-0.25, -0.2) is 0 Å². The quantitative estimate of drug-likeness (QED) is 0.593. The summed E-state index contributed by atoms with van der Waals surface area (Å²) in [5, 5.41) is 1.31. The standard InChI is InChI=1S/C22H28N2O5S/c1-28-22(25)16-8-9-18-15(21(16)29-30(2,26)27)7-10-19-20-14(11-12-24(18)19)13-5-3-4-6-17(13)23-20/h3-6,15-16,18-19,21,23H,7-12H2,1-2H3/t15-,16?,18+,19+,21?/m0/s1. The number of carbonyl (C=O) groups is 1. The summed E-state index contributed by atoms with van der Waals surface area (Å²) >= 11 is 0. The van der Waals surface area contributed by atoms with Crippen LogP contribution < -0.4 is 0 Å². The van der Waals surface area contributed by atoms with Crippen LogP contribution in [-0.4, -0.2) is 56.3 Å². The predicted octanol–water partition coefficient (Wildman–Crippen LogP) is 2.77. The van der Waals surface area contributed by atoms with Crippen molar-refractivity contribution in [2.45, 2.75) is 50.3 Å². The van der Waals surface area contributed by atoms with Gasteiger partial charge in [0, 0.05) is 35.1 Å². The normalized spacial score (nSPS) is 31.6. The summed E-state index contributed by atoms with van der Waals surface area (Å²) in [6.07, 6.45) is 4.55. The van der Waals surface area contributed by atoms with E-state index in [-0.39, 0.29) is 17.9 Å². The summed E-state index contributed by atoms with van der Waals surface area (Å²) in [7, 11) is -2.32. The van der Waals surface area contributed by atoms with Crippen molar-refractivity contribution < 1.29 is 22.1 Å². The van der Waals surface area contributed by atoms with Crippen molar-refractivity contribution >= 4 is 27.0 Å². The summed E-state index contributed by atoms with van der Waals surface area (Å²) in [6.45, 7) is 0.940. The number of carbonyl (C=O) groups excluding carboxylic acids is 1. The molecule has 3 heterocycles. The van der Waals surface area contributed by atoms with Crippen LogP contribution in [0.4, 0.5) is 0 Å². The zero-order valence-corrected chi connectivity index (χ0v) is 18.2. The molecule has 0 spiro atoms. The van der Waals surface area contributed by atoms with Crippen molar-refractivity contribution in [3.63, 3.8) is 0 Å². The summed E-state index contributed by atoms with van der Waals surface area (Å²) < 4.78 is 34.5. The molecule has 162 valence electrons. The van der Waals surface area contributed by atoms with Crippen molar-refractivity contribution in [2.24, 2.45) is 11.8 Å². The molecule has 1 aromatic heterocycles. The molecule has 7 nitrogen and oxygen atoms in total. The second-order valence-electron chi connectivity index (χ2n) is 8.85. The molecule has 5 atom stereocenters. The van der Waals surface area contributed by atoms with Gasteiger partial charge < -0.3 is 9.72 Å². The van der Waals surface area contributed by atoms with Crippen molar-refractivity contribution in [3.05, 3.63) is 35.5 Å². The second-order valence-corrected chi connectivity index (χ2v) is 10.4. The summed E-state index contributed by atoms with van der Waals surface area (Å²) in [6, 6.07) is 8.96. The van der Waals surface area contributed by atoms with Crippen LogP contribution in [0, 0.1) is 11.8 Å². The Hall–Kier alpha value is -1.90. The van der Waals surface area contributed by atoms with E-state index in [1.165, 1.54) is 29.3 Å². The highest BCUT2D eigenvalue weighted by Crippen LogP contribution is 2.49. The third-order valence-corrected chi connectivity index (χ3v) is 7.85. The van der Waals surface area contributed by atoms with Gasteiger partial charge >= 0.3 is 5.97 Å². The molecular formula is C22H28N2O5S. The molecule has 0 radical (unpaired) electrons. The van der Waals surface area contributed by atoms with Crippen LogP contribution in [0.25, 0.3) is 10.9 Å². The van der Waals surface area contributed by atoms with Crippen LogP contribution in [0.2, 0.25) is 0 Å². The molecule has 0 bridgehead atoms. The van der Waals surface area contributed by atoms with Gasteiger partial charge in [0.25, 0.3) is 10.1 Å². The number of fused-ring (bicyclic) bond motifs is 7. The fourth-order valence-electron chi connectivity index (χ4n) is 6.15. The largest absolute Gasteiger partial charge is 0.469 e. The number of esters is 1. The lowest BCUT2D eigenvalue weighted by Gasteiger charge is -2.53. The van der Waals surface area contributed by atoms with Gasteiger partial charge in [-0.05, 0) is 43.7 Å². The first-order valence-corrected chi connectivity index (χ1v) is 12.5. The zero-order valence-electron chi connectivity index (χ0n) is 17.3. The topological polar surface area (TPSA) is 88.7 Å². The third kappa shape index (κ3) is 3.25. The van der Waals surface area contributed by atoms with E-state index in [9.17, 15) is 13.2 Å². The molecule has 2 unspecified atom stereocenters. The highest BCUT2D eigenvalue weighted by molar-refractivity contribution is 7.86. The van der Waals surface area contributed by atoms with Gasteiger partial charge in [-0.2, -0.15) is 8.42 Å². The number of aromatic nitrogens is 1. The SMILES string of the molecule is COC(=O)C1CC[C@@H]2[C@H](CC[C@@H]3c4[nH]c5ccccc5c4CCN32)C1OS(C)(=O)=O. The first kappa shape index (κ1) is 20.0. The maximum Gasteiger partial charge on any atom is 0.311 e. The number of nitrogens with zero attached hydrogens (tertiary/aromatic N) is 1. The number of aromatic amines is 1. The molecule has 5 rings (SSSR count). The molecular weight excluding hydrogens is 404 g/mol. The van der Waals surface area contributed by atoms with Crippen molar-refractivity contribution in [2.75, 3.05) is 19.9 Å². The third-order valence-electron chi connectivity index (χ3n) is 7.28. The van der Waals surface area contributed by atoms with E-state index >= 15 is 0 Å². The molecule has 2 aromatic rings. The lowest BCUT2D eigenvalue weighted by atomic mass is 9.69. The van der Waals surface area contributed by atoms with E-state index in [4.69, 9.17) is 8.92 Å². The number of methoxy groups -OCH3 is 1. The number of rotatable bonds is 3. The fourth-order valence-corrected chi connectivity index (χ4v) is 6.83. The number of nitrogens with one attached hydrogen (secondary N) is 1. The molecule has 2 aliphatic heterocycles. The molecule has 1 saturated heterocycles. The number of para-hydroxylation sites is 1. The van der Waals surface area contributed by atoms with E-state index in [2.05, 4.69) is 34.1 Å². The Kier molecular flexibility index (Phi) is 4.91. The number of ether oxygens (including phenoxy) is 1. The van der Waals surface area contributed by atoms with Gasteiger partial charge in [-0.3, -0.25) is 13.9 Å². The predicted molar refractivity (Wildman–Crippen MR) is 112 cm³/mol. The summed E-state index contributed by atoms with van der Waals surface area (Å²) in [5.41, 5.74) is 3.90. The highest BCUT2D eigenvalue weighted by atomic mass is 32.2. The minimum atomic E-state index is -3.68. The van der Waals surface area contributed by atoms with Gasteiger partial charge in [-0.1, -0.05) is 18.2 Å². The minimum Gasteiger partial charge on any atom is -0.469 e. The minimum absolute atomic E-state index is 0.000228. The Bertz CT molecular complexity index is 1080. The van der Waals surface area contributed by atoms with Gasteiger partial charge in [0.1, 0.15) is 0 Å². The molecule has 1 N–H and O–H groups in total. The van der Waals surface area contributed by atoms with Crippen molar-refractivity contribution in [3.8, 4) is 0 Å². The Labute approximate surface area is 176 Å². The molecule has 2 fully saturated rings. The van der Waals surface area contributed by atoms with E-state index in [1.54, 1.807) is 0 Å². The van der Waals surface area contributed by atoms with E-state index in [0.29, 0.717) is 12.5 Å². The lowest BCUT2D eigenvalue weighted by molar-refractivity contribution is -0.156.